The lowest BCUT2D eigenvalue weighted by molar-refractivity contribution is -0.138. The molecular weight excluding hydrogens is 469 g/mol. The van der Waals surface area contributed by atoms with Gasteiger partial charge in [0.1, 0.15) is 5.00 Å². The summed E-state index contributed by atoms with van der Waals surface area (Å²) < 4.78 is 40.2. The van der Waals surface area contributed by atoms with E-state index in [4.69, 9.17) is 5.11 Å². The molecule has 1 aromatic carbocycles. The fraction of sp³-hybridized carbons (Fsp3) is 0.458. The zero-order valence-corrected chi connectivity index (χ0v) is 20.0. The molecule has 3 rings (SSSR count). The Morgan fingerprint density at radius 1 is 1.09 bits per heavy atom. The van der Waals surface area contributed by atoms with Crippen LogP contribution in [0.2, 0.25) is 0 Å². The summed E-state index contributed by atoms with van der Waals surface area (Å²) in [5, 5.41) is 14.1. The Morgan fingerprint density at radius 3 is 2.38 bits per heavy atom. The van der Waals surface area contributed by atoms with E-state index in [-0.39, 0.29) is 34.5 Å². The highest BCUT2D eigenvalue weighted by molar-refractivity contribution is 7.17. The summed E-state index contributed by atoms with van der Waals surface area (Å²) in [7, 11) is 0. The van der Waals surface area contributed by atoms with Crippen molar-refractivity contribution in [3.8, 4) is 0 Å². The maximum absolute atomic E-state index is 13.4. The van der Waals surface area contributed by atoms with Gasteiger partial charge in [-0.2, -0.15) is 13.2 Å². The summed E-state index contributed by atoms with van der Waals surface area (Å²) in [4.78, 5) is 37.3. The SMILES string of the molecule is CC(C)(C)[C@H]1CCc2c(sc(NC(=O)CCC(=O)O)c2C(=O)Nc2ccccc2C(F)(F)F)C1. The number of carbonyl (C=O) groups excluding carboxylic acids is 2. The van der Waals surface area contributed by atoms with Gasteiger partial charge in [-0.3, -0.25) is 14.4 Å². The number of halogens is 3. The van der Waals surface area contributed by atoms with Crippen LogP contribution in [-0.2, 0) is 28.6 Å². The minimum absolute atomic E-state index is 0.0284. The summed E-state index contributed by atoms with van der Waals surface area (Å²) in [5.41, 5.74) is -0.437. The molecule has 6 nitrogen and oxygen atoms in total. The first-order valence-corrected chi connectivity index (χ1v) is 11.7. The van der Waals surface area contributed by atoms with Crippen LogP contribution in [-0.4, -0.2) is 22.9 Å². The van der Waals surface area contributed by atoms with Gasteiger partial charge in [0.05, 0.1) is 23.2 Å². The molecule has 1 aromatic heterocycles. The van der Waals surface area contributed by atoms with Gasteiger partial charge in [0, 0.05) is 11.3 Å². The van der Waals surface area contributed by atoms with E-state index in [1.54, 1.807) is 0 Å². The summed E-state index contributed by atoms with van der Waals surface area (Å²) in [6.07, 6.45) is -3.24. The first kappa shape index (κ1) is 25.7. The van der Waals surface area contributed by atoms with Gasteiger partial charge >= 0.3 is 12.1 Å². The maximum Gasteiger partial charge on any atom is 0.418 e. The molecule has 0 aliphatic heterocycles. The number of carboxylic acids is 1. The number of alkyl halides is 3. The van der Waals surface area contributed by atoms with Gasteiger partial charge in [0.2, 0.25) is 5.91 Å². The molecule has 0 unspecified atom stereocenters. The Bertz CT molecular complexity index is 1100. The van der Waals surface area contributed by atoms with Crippen molar-refractivity contribution in [3.63, 3.8) is 0 Å². The minimum atomic E-state index is -4.65. The topological polar surface area (TPSA) is 95.5 Å². The van der Waals surface area contributed by atoms with Crippen LogP contribution in [0.5, 0.6) is 0 Å². The Kier molecular flexibility index (Phi) is 7.40. The number of thiophene rings is 1. The van der Waals surface area contributed by atoms with Gasteiger partial charge in [0.25, 0.3) is 5.91 Å². The molecule has 0 spiro atoms. The lowest BCUT2D eigenvalue weighted by atomic mass is 9.72. The molecule has 0 saturated heterocycles. The van der Waals surface area contributed by atoms with Crippen LogP contribution in [0.15, 0.2) is 24.3 Å². The molecule has 3 N–H and O–H groups in total. The van der Waals surface area contributed by atoms with Gasteiger partial charge < -0.3 is 15.7 Å². The minimum Gasteiger partial charge on any atom is -0.481 e. The molecule has 2 amide bonds. The van der Waals surface area contributed by atoms with E-state index in [1.807, 2.05) is 0 Å². The highest BCUT2D eigenvalue weighted by Gasteiger charge is 2.36. The maximum atomic E-state index is 13.4. The summed E-state index contributed by atoms with van der Waals surface area (Å²) in [6, 6.07) is 4.71. The molecule has 0 radical (unpaired) electrons. The van der Waals surface area contributed by atoms with Crippen LogP contribution in [0.4, 0.5) is 23.9 Å². The van der Waals surface area contributed by atoms with Crippen molar-refractivity contribution in [2.24, 2.45) is 11.3 Å². The van der Waals surface area contributed by atoms with Crippen LogP contribution < -0.4 is 10.6 Å². The van der Waals surface area contributed by atoms with Gasteiger partial charge in [0.15, 0.2) is 0 Å². The number of amides is 2. The zero-order chi connectivity index (χ0) is 25.3. The monoisotopic (exact) mass is 496 g/mol. The first-order chi connectivity index (χ1) is 15.8. The molecule has 10 heteroatoms. The van der Waals surface area contributed by atoms with Gasteiger partial charge in [-0.25, -0.2) is 0 Å². The standard InChI is InChI=1S/C24H27F3N2O4S/c1-23(2,3)13-8-9-14-17(12-13)34-22(29-18(30)10-11-19(31)32)20(14)21(33)28-16-7-5-4-6-15(16)24(25,26)27/h4-7,13H,8-12H2,1-3H3,(H,28,33)(H,29,30)(H,31,32)/t13-/m0/s1. The summed E-state index contributed by atoms with van der Waals surface area (Å²) in [5.74, 6) is -2.10. The second kappa shape index (κ2) is 9.77. The number of rotatable bonds is 6. The average molecular weight is 497 g/mol. The Morgan fingerprint density at radius 2 is 1.76 bits per heavy atom. The quantitative estimate of drug-likeness (QED) is 0.459. The number of carboxylic acid groups (broad SMARTS) is 1. The Hall–Kier alpha value is -2.88. The van der Waals surface area contributed by atoms with Crippen LogP contribution in [0.25, 0.3) is 0 Å². The van der Waals surface area contributed by atoms with Gasteiger partial charge in [-0.15, -0.1) is 11.3 Å². The third-order valence-corrected chi connectivity index (χ3v) is 7.19. The van der Waals surface area contributed by atoms with Crippen LogP contribution >= 0.6 is 11.3 Å². The summed E-state index contributed by atoms with van der Waals surface area (Å²) in [6.45, 7) is 6.39. The number of anilines is 2. The van der Waals surface area contributed by atoms with Gasteiger partial charge in [-0.05, 0) is 48.3 Å². The number of fused-ring (bicyclic) bond motifs is 1. The van der Waals surface area contributed by atoms with E-state index in [0.29, 0.717) is 18.8 Å². The summed E-state index contributed by atoms with van der Waals surface area (Å²) >= 11 is 1.23. The number of nitrogens with one attached hydrogen (secondary N) is 2. The third kappa shape index (κ3) is 5.97. The predicted octanol–water partition coefficient (Wildman–Crippen LogP) is 5.97. The lowest BCUT2D eigenvalue weighted by Gasteiger charge is -2.33. The van der Waals surface area contributed by atoms with Crippen LogP contribution in [0, 0.1) is 11.3 Å². The normalized spacial score (nSPS) is 16.0. The number of para-hydroxylation sites is 1. The molecule has 1 atom stereocenters. The second-order valence-electron chi connectivity index (χ2n) is 9.45. The van der Waals surface area contributed by atoms with Crippen molar-refractivity contribution in [2.75, 3.05) is 10.6 Å². The molecule has 0 saturated carbocycles. The molecule has 34 heavy (non-hydrogen) atoms. The van der Waals surface area contributed by atoms with Crippen molar-refractivity contribution in [3.05, 3.63) is 45.8 Å². The van der Waals surface area contributed by atoms with E-state index >= 15 is 0 Å². The van der Waals surface area contributed by atoms with Crippen molar-refractivity contribution in [1.29, 1.82) is 0 Å². The number of hydrogen-bond acceptors (Lipinski definition) is 4. The number of hydrogen-bond donors (Lipinski definition) is 3. The molecule has 184 valence electrons. The third-order valence-electron chi connectivity index (χ3n) is 6.02. The molecule has 0 bridgehead atoms. The molecule has 0 fully saturated rings. The fourth-order valence-corrected chi connectivity index (χ4v) is 5.43. The smallest absolute Gasteiger partial charge is 0.418 e. The highest BCUT2D eigenvalue weighted by Crippen LogP contribution is 2.45. The molecule has 2 aromatic rings. The lowest BCUT2D eigenvalue weighted by Crippen LogP contribution is -2.27. The zero-order valence-electron chi connectivity index (χ0n) is 19.1. The highest BCUT2D eigenvalue weighted by atomic mass is 32.1. The van der Waals surface area contributed by atoms with E-state index in [1.165, 1.54) is 29.5 Å². The number of carbonyl (C=O) groups is 3. The predicted molar refractivity (Wildman–Crippen MR) is 124 cm³/mol. The first-order valence-electron chi connectivity index (χ1n) is 10.9. The largest absolute Gasteiger partial charge is 0.481 e. The van der Waals surface area contributed by atoms with Crippen molar-refractivity contribution in [2.45, 2.75) is 59.1 Å². The van der Waals surface area contributed by atoms with Crippen LogP contribution in [0.3, 0.4) is 0 Å². The van der Waals surface area contributed by atoms with Crippen molar-refractivity contribution >= 4 is 39.8 Å². The second-order valence-corrected chi connectivity index (χ2v) is 10.6. The van der Waals surface area contributed by atoms with Gasteiger partial charge in [-0.1, -0.05) is 32.9 Å². The van der Waals surface area contributed by atoms with E-state index in [0.717, 1.165) is 22.9 Å². The van der Waals surface area contributed by atoms with Crippen LogP contribution in [0.1, 0.15) is 66.4 Å². The van der Waals surface area contributed by atoms with E-state index in [9.17, 15) is 27.6 Å². The van der Waals surface area contributed by atoms with Crippen molar-refractivity contribution in [1.82, 2.24) is 0 Å². The van der Waals surface area contributed by atoms with E-state index in [2.05, 4.69) is 31.4 Å². The average Bonchev–Trinajstić information content (AvgIpc) is 3.08. The number of benzene rings is 1. The molecule has 1 aliphatic carbocycles. The molecule has 1 heterocycles. The van der Waals surface area contributed by atoms with Crippen molar-refractivity contribution < 1.29 is 32.7 Å². The Balaban J connectivity index is 1.96. The Labute approximate surface area is 199 Å². The molecular formula is C24H27F3N2O4S. The molecule has 1 aliphatic rings. The van der Waals surface area contributed by atoms with E-state index < -0.39 is 29.5 Å². The number of aliphatic carboxylic acids is 1. The fourth-order valence-electron chi connectivity index (χ4n) is 4.09.